The topological polar surface area (TPSA) is 77.0 Å². The summed E-state index contributed by atoms with van der Waals surface area (Å²) in [6.07, 6.45) is 3.07. The van der Waals surface area contributed by atoms with Crippen molar-refractivity contribution in [3.63, 3.8) is 0 Å². The third-order valence-electron chi connectivity index (χ3n) is 6.29. The van der Waals surface area contributed by atoms with Crippen LogP contribution in [0.15, 0.2) is 48.5 Å². The molecule has 1 saturated heterocycles. The van der Waals surface area contributed by atoms with E-state index in [9.17, 15) is 9.90 Å². The van der Waals surface area contributed by atoms with Crippen molar-refractivity contribution in [2.45, 2.75) is 69.6 Å². The summed E-state index contributed by atoms with van der Waals surface area (Å²) < 4.78 is 17.1. The number of alkyl carbamates (subject to hydrolysis) is 1. The Bertz CT molecular complexity index is 905. The van der Waals surface area contributed by atoms with Crippen LogP contribution in [0.5, 0.6) is 11.5 Å². The van der Waals surface area contributed by atoms with E-state index >= 15 is 0 Å². The van der Waals surface area contributed by atoms with E-state index in [1.54, 1.807) is 12.1 Å². The van der Waals surface area contributed by atoms with Crippen LogP contribution in [0.3, 0.4) is 0 Å². The van der Waals surface area contributed by atoms with Gasteiger partial charge in [-0.25, -0.2) is 4.79 Å². The number of carbonyl (C=O) groups excluding carboxylic acids is 1. The minimum Gasteiger partial charge on any atom is -0.508 e. The van der Waals surface area contributed by atoms with Crippen molar-refractivity contribution in [3.8, 4) is 11.5 Å². The van der Waals surface area contributed by atoms with Gasteiger partial charge in [-0.3, -0.25) is 0 Å². The molecule has 1 heterocycles. The van der Waals surface area contributed by atoms with Crippen LogP contribution in [-0.4, -0.2) is 42.2 Å². The summed E-state index contributed by atoms with van der Waals surface area (Å²) in [5, 5.41) is 12.6. The molecule has 2 fully saturated rings. The van der Waals surface area contributed by atoms with E-state index in [0.717, 1.165) is 31.4 Å². The number of carbonyl (C=O) groups is 1. The SMILES string of the molecule is CC(C)(C)OC(=O)NC1CC(Oc2ccc(C3(c4ccc(O)cc4)CCOCC3)cc2)C1. The molecule has 2 aromatic rings. The molecule has 2 aliphatic rings. The maximum absolute atomic E-state index is 11.9. The number of hydrogen-bond acceptors (Lipinski definition) is 5. The minimum atomic E-state index is -0.493. The highest BCUT2D eigenvalue weighted by molar-refractivity contribution is 5.68. The number of phenols is 1. The maximum atomic E-state index is 11.9. The van der Waals surface area contributed by atoms with Gasteiger partial charge in [0, 0.05) is 37.5 Å². The first kappa shape index (κ1) is 22.5. The quantitative estimate of drug-likeness (QED) is 0.691. The molecule has 32 heavy (non-hydrogen) atoms. The molecule has 6 nitrogen and oxygen atoms in total. The third kappa shape index (κ3) is 5.18. The normalized spacial score (nSPS) is 22.5. The number of rotatable bonds is 5. The van der Waals surface area contributed by atoms with Gasteiger partial charge >= 0.3 is 6.09 Å². The average molecular weight is 440 g/mol. The van der Waals surface area contributed by atoms with Crippen molar-refractivity contribution >= 4 is 6.09 Å². The van der Waals surface area contributed by atoms with Crippen molar-refractivity contribution in [2.75, 3.05) is 13.2 Å². The summed E-state index contributed by atoms with van der Waals surface area (Å²) in [6.45, 7) is 7.00. The number of nitrogens with one attached hydrogen (secondary N) is 1. The minimum absolute atomic E-state index is 0.0918. The lowest BCUT2D eigenvalue weighted by Crippen LogP contribution is -2.50. The molecule has 1 aliphatic heterocycles. The molecule has 0 atom stereocenters. The Morgan fingerprint density at radius 3 is 2.12 bits per heavy atom. The molecule has 0 aromatic heterocycles. The highest BCUT2D eigenvalue weighted by atomic mass is 16.6. The van der Waals surface area contributed by atoms with E-state index in [0.29, 0.717) is 13.2 Å². The van der Waals surface area contributed by atoms with Gasteiger partial charge in [0.2, 0.25) is 0 Å². The number of hydrogen-bond donors (Lipinski definition) is 2. The molecule has 6 heteroatoms. The monoisotopic (exact) mass is 439 g/mol. The van der Waals surface area contributed by atoms with Crippen molar-refractivity contribution in [3.05, 3.63) is 59.7 Å². The number of phenolic OH excluding ortho intramolecular Hbond substituents is 1. The lowest BCUT2D eigenvalue weighted by atomic mass is 9.69. The Hall–Kier alpha value is -2.73. The summed E-state index contributed by atoms with van der Waals surface area (Å²) >= 11 is 0. The predicted molar refractivity (Wildman–Crippen MR) is 122 cm³/mol. The van der Waals surface area contributed by atoms with Gasteiger partial charge in [0.05, 0.1) is 0 Å². The lowest BCUT2D eigenvalue weighted by molar-refractivity contribution is 0.0362. The van der Waals surface area contributed by atoms with Crippen LogP contribution in [-0.2, 0) is 14.9 Å². The highest BCUT2D eigenvalue weighted by Gasteiger charge is 2.37. The van der Waals surface area contributed by atoms with Crippen LogP contribution in [0.4, 0.5) is 4.79 Å². The van der Waals surface area contributed by atoms with Gasteiger partial charge in [0.15, 0.2) is 0 Å². The molecule has 1 amide bonds. The van der Waals surface area contributed by atoms with Gasteiger partial charge in [-0.15, -0.1) is 0 Å². The predicted octanol–water partition coefficient (Wildman–Crippen LogP) is 4.92. The Morgan fingerprint density at radius 2 is 1.56 bits per heavy atom. The Kier molecular flexibility index (Phi) is 6.33. The van der Waals surface area contributed by atoms with E-state index in [4.69, 9.17) is 14.2 Å². The largest absolute Gasteiger partial charge is 0.508 e. The molecule has 4 rings (SSSR count). The van der Waals surface area contributed by atoms with Gasteiger partial charge in [-0.05, 0) is 69.0 Å². The summed E-state index contributed by atoms with van der Waals surface area (Å²) in [7, 11) is 0. The molecular weight excluding hydrogens is 406 g/mol. The fourth-order valence-electron chi connectivity index (χ4n) is 4.54. The Morgan fingerprint density at radius 1 is 1.00 bits per heavy atom. The first-order valence-corrected chi connectivity index (χ1v) is 11.4. The Balaban J connectivity index is 1.37. The van der Waals surface area contributed by atoms with Gasteiger partial charge in [-0.2, -0.15) is 0 Å². The van der Waals surface area contributed by atoms with Crippen LogP contribution < -0.4 is 10.1 Å². The van der Waals surface area contributed by atoms with Gasteiger partial charge in [0.1, 0.15) is 23.2 Å². The number of ether oxygens (including phenoxy) is 3. The van der Waals surface area contributed by atoms with Crippen LogP contribution in [0.25, 0.3) is 0 Å². The molecule has 2 aromatic carbocycles. The second-order valence-corrected chi connectivity index (χ2v) is 9.82. The number of amides is 1. The van der Waals surface area contributed by atoms with Gasteiger partial charge < -0.3 is 24.6 Å². The van der Waals surface area contributed by atoms with Crippen molar-refractivity contribution in [2.24, 2.45) is 0 Å². The number of benzene rings is 2. The van der Waals surface area contributed by atoms with Crippen molar-refractivity contribution in [1.82, 2.24) is 5.32 Å². The van der Waals surface area contributed by atoms with Crippen LogP contribution in [0.2, 0.25) is 0 Å². The van der Waals surface area contributed by atoms with E-state index in [-0.39, 0.29) is 29.4 Å². The van der Waals surface area contributed by atoms with Crippen molar-refractivity contribution < 1.29 is 24.1 Å². The van der Waals surface area contributed by atoms with E-state index < -0.39 is 5.60 Å². The third-order valence-corrected chi connectivity index (χ3v) is 6.29. The van der Waals surface area contributed by atoms with E-state index in [1.807, 2.05) is 45.0 Å². The zero-order chi connectivity index (χ0) is 22.8. The second-order valence-electron chi connectivity index (χ2n) is 9.82. The smallest absolute Gasteiger partial charge is 0.407 e. The molecule has 0 unspecified atom stereocenters. The molecule has 2 N–H and O–H groups in total. The number of aromatic hydroxyl groups is 1. The molecule has 1 aliphatic carbocycles. The Labute approximate surface area is 189 Å². The maximum Gasteiger partial charge on any atom is 0.407 e. The lowest BCUT2D eigenvalue weighted by Gasteiger charge is -2.39. The zero-order valence-corrected chi connectivity index (χ0v) is 19.1. The first-order chi connectivity index (χ1) is 15.2. The molecule has 1 saturated carbocycles. The van der Waals surface area contributed by atoms with E-state index in [2.05, 4.69) is 17.4 Å². The summed E-state index contributed by atoms with van der Waals surface area (Å²) in [6, 6.07) is 16.0. The molecule has 0 bridgehead atoms. The van der Waals surface area contributed by atoms with Gasteiger partial charge in [-0.1, -0.05) is 24.3 Å². The zero-order valence-electron chi connectivity index (χ0n) is 19.1. The summed E-state index contributed by atoms with van der Waals surface area (Å²) in [4.78, 5) is 11.9. The second kappa shape index (κ2) is 9.02. The fraction of sp³-hybridized carbons (Fsp3) is 0.500. The molecule has 172 valence electrons. The van der Waals surface area contributed by atoms with Crippen molar-refractivity contribution in [1.29, 1.82) is 0 Å². The van der Waals surface area contributed by atoms with Gasteiger partial charge in [0.25, 0.3) is 0 Å². The summed E-state index contributed by atoms with van der Waals surface area (Å²) in [5.74, 6) is 1.11. The highest BCUT2D eigenvalue weighted by Crippen LogP contribution is 2.42. The summed E-state index contributed by atoms with van der Waals surface area (Å²) in [5.41, 5.74) is 1.82. The standard InChI is InChI=1S/C26H33NO5/c1-25(2,3)32-24(29)27-20-16-23(17-20)31-22-10-6-19(7-11-22)26(12-14-30-15-13-26)18-4-8-21(28)9-5-18/h4-11,20,23,28H,12-17H2,1-3H3,(H,27,29). The molecule has 0 radical (unpaired) electrons. The molecular formula is C26H33NO5. The fourth-order valence-corrected chi connectivity index (χ4v) is 4.54. The van der Waals surface area contributed by atoms with Crippen LogP contribution in [0, 0.1) is 0 Å². The van der Waals surface area contributed by atoms with E-state index in [1.165, 1.54) is 11.1 Å². The first-order valence-electron chi connectivity index (χ1n) is 11.4. The molecule has 0 spiro atoms. The average Bonchev–Trinajstić information content (AvgIpc) is 2.72. The van der Waals surface area contributed by atoms with Crippen LogP contribution in [0.1, 0.15) is 57.6 Å². The van der Waals surface area contributed by atoms with Crippen LogP contribution >= 0.6 is 0 Å².